The summed E-state index contributed by atoms with van der Waals surface area (Å²) in [5, 5.41) is 0. The molecule has 0 bridgehead atoms. The maximum absolute atomic E-state index is 12.4. The summed E-state index contributed by atoms with van der Waals surface area (Å²) in [4.78, 5) is 18.8. The van der Waals surface area contributed by atoms with Gasteiger partial charge in [0.25, 0.3) is 5.91 Å². The van der Waals surface area contributed by atoms with Crippen LogP contribution in [0.15, 0.2) is 35.0 Å². The topological polar surface area (TPSA) is 41.9 Å². The molecule has 21 heavy (non-hydrogen) atoms. The van der Waals surface area contributed by atoms with Crippen molar-refractivity contribution in [2.24, 2.45) is 4.99 Å². The van der Waals surface area contributed by atoms with Crippen molar-refractivity contribution in [2.45, 2.75) is 32.6 Å². The third-order valence-corrected chi connectivity index (χ3v) is 3.80. The molecule has 4 heteroatoms. The standard InChI is InChI=1S/C17H20N2O2/c1-2-21-14-9-7-13(8-10-14)12-15-17(20)19-11-5-3-4-6-16(19)18-15/h7-10,12H,2-6,11H2,1H3/b15-12-. The van der Waals surface area contributed by atoms with Crippen molar-refractivity contribution in [1.29, 1.82) is 0 Å². The Morgan fingerprint density at radius 1 is 1.24 bits per heavy atom. The number of ether oxygens (including phenoxy) is 1. The second-order valence-corrected chi connectivity index (χ2v) is 5.33. The highest BCUT2D eigenvalue weighted by Gasteiger charge is 2.30. The van der Waals surface area contributed by atoms with Gasteiger partial charge < -0.3 is 4.74 Å². The Balaban J connectivity index is 1.81. The van der Waals surface area contributed by atoms with Gasteiger partial charge in [-0.05, 0) is 43.5 Å². The van der Waals surface area contributed by atoms with Gasteiger partial charge in [-0.3, -0.25) is 9.69 Å². The van der Waals surface area contributed by atoms with Gasteiger partial charge in [0.05, 0.1) is 6.61 Å². The molecule has 0 aromatic heterocycles. The van der Waals surface area contributed by atoms with E-state index in [1.54, 1.807) is 0 Å². The van der Waals surface area contributed by atoms with Gasteiger partial charge in [-0.2, -0.15) is 0 Å². The molecule has 1 fully saturated rings. The Morgan fingerprint density at radius 3 is 2.81 bits per heavy atom. The second-order valence-electron chi connectivity index (χ2n) is 5.33. The van der Waals surface area contributed by atoms with Crippen molar-refractivity contribution in [1.82, 2.24) is 4.90 Å². The van der Waals surface area contributed by atoms with Gasteiger partial charge in [-0.15, -0.1) is 0 Å². The van der Waals surface area contributed by atoms with Crippen LogP contribution in [0, 0.1) is 0 Å². The predicted molar refractivity (Wildman–Crippen MR) is 83.2 cm³/mol. The molecule has 0 radical (unpaired) electrons. The highest BCUT2D eigenvalue weighted by atomic mass is 16.5. The molecule has 0 atom stereocenters. The maximum atomic E-state index is 12.4. The van der Waals surface area contributed by atoms with Crippen LogP contribution in [0.1, 0.15) is 38.2 Å². The molecule has 1 aromatic rings. The van der Waals surface area contributed by atoms with E-state index < -0.39 is 0 Å². The third-order valence-electron chi connectivity index (χ3n) is 3.80. The molecule has 1 aromatic carbocycles. The summed E-state index contributed by atoms with van der Waals surface area (Å²) in [6.45, 7) is 3.42. The zero-order chi connectivity index (χ0) is 14.7. The van der Waals surface area contributed by atoms with Gasteiger partial charge in [0.15, 0.2) is 0 Å². The lowest BCUT2D eigenvalue weighted by Crippen LogP contribution is -2.31. The highest BCUT2D eigenvalue weighted by molar-refractivity contribution is 6.14. The van der Waals surface area contributed by atoms with Crippen LogP contribution in [0.3, 0.4) is 0 Å². The number of nitrogens with zero attached hydrogens (tertiary/aromatic N) is 2. The first-order valence-electron chi connectivity index (χ1n) is 7.62. The van der Waals surface area contributed by atoms with Crippen molar-refractivity contribution in [3.63, 3.8) is 0 Å². The number of rotatable bonds is 3. The lowest BCUT2D eigenvalue weighted by molar-refractivity contribution is -0.122. The molecule has 2 aliphatic rings. The van der Waals surface area contributed by atoms with Gasteiger partial charge in [0.2, 0.25) is 0 Å². The van der Waals surface area contributed by atoms with Crippen LogP contribution in [0.25, 0.3) is 6.08 Å². The zero-order valence-electron chi connectivity index (χ0n) is 12.3. The molecule has 0 N–H and O–H groups in total. The van der Waals surface area contributed by atoms with Gasteiger partial charge in [0.1, 0.15) is 17.3 Å². The average Bonchev–Trinajstić information content (AvgIpc) is 2.68. The Kier molecular flexibility index (Phi) is 4.04. The molecule has 4 nitrogen and oxygen atoms in total. The average molecular weight is 284 g/mol. The molecular weight excluding hydrogens is 264 g/mol. The summed E-state index contributed by atoms with van der Waals surface area (Å²) >= 11 is 0. The van der Waals surface area contributed by atoms with E-state index in [9.17, 15) is 4.79 Å². The molecule has 1 saturated heterocycles. The summed E-state index contributed by atoms with van der Waals surface area (Å²) in [5.74, 6) is 1.83. The van der Waals surface area contributed by atoms with E-state index >= 15 is 0 Å². The lowest BCUT2D eigenvalue weighted by atomic mass is 10.2. The van der Waals surface area contributed by atoms with E-state index in [-0.39, 0.29) is 5.91 Å². The highest BCUT2D eigenvalue weighted by Crippen LogP contribution is 2.24. The fourth-order valence-corrected chi connectivity index (χ4v) is 2.73. The van der Waals surface area contributed by atoms with Crippen molar-refractivity contribution >= 4 is 17.8 Å². The van der Waals surface area contributed by atoms with E-state index in [1.165, 1.54) is 6.42 Å². The van der Waals surface area contributed by atoms with Gasteiger partial charge in [-0.25, -0.2) is 4.99 Å². The fraction of sp³-hybridized carbons (Fsp3) is 0.412. The first-order valence-corrected chi connectivity index (χ1v) is 7.62. The van der Waals surface area contributed by atoms with E-state index in [1.807, 2.05) is 42.2 Å². The zero-order valence-corrected chi connectivity index (χ0v) is 12.3. The quantitative estimate of drug-likeness (QED) is 0.800. The molecule has 3 rings (SSSR count). The maximum Gasteiger partial charge on any atom is 0.277 e. The van der Waals surface area contributed by atoms with Crippen molar-refractivity contribution < 1.29 is 9.53 Å². The Hall–Kier alpha value is -2.10. The molecule has 0 aliphatic carbocycles. The van der Waals surface area contributed by atoms with E-state index in [0.29, 0.717) is 12.3 Å². The van der Waals surface area contributed by atoms with E-state index in [4.69, 9.17) is 4.74 Å². The molecule has 0 unspecified atom stereocenters. The fourth-order valence-electron chi connectivity index (χ4n) is 2.73. The third kappa shape index (κ3) is 2.99. The summed E-state index contributed by atoms with van der Waals surface area (Å²) in [6.07, 6.45) is 6.15. The molecule has 1 amide bonds. The Morgan fingerprint density at radius 2 is 2.05 bits per heavy atom. The van der Waals surface area contributed by atoms with Crippen molar-refractivity contribution in [2.75, 3.05) is 13.2 Å². The number of amidine groups is 1. The number of amides is 1. The molecule has 2 heterocycles. The summed E-state index contributed by atoms with van der Waals surface area (Å²) < 4.78 is 5.42. The number of aliphatic imine (C=N–C) groups is 1. The van der Waals surface area contributed by atoms with Crippen LogP contribution < -0.4 is 4.74 Å². The summed E-state index contributed by atoms with van der Waals surface area (Å²) in [7, 11) is 0. The largest absolute Gasteiger partial charge is 0.494 e. The number of benzene rings is 1. The van der Waals surface area contributed by atoms with E-state index in [0.717, 1.165) is 43.0 Å². The summed E-state index contributed by atoms with van der Waals surface area (Å²) in [5.41, 5.74) is 1.53. The van der Waals surface area contributed by atoms with Crippen molar-refractivity contribution in [3.8, 4) is 5.75 Å². The second kappa shape index (κ2) is 6.12. The normalized spacial score (nSPS) is 20.2. The smallest absolute Gasteiger partial charge is 0.277 e. The minimum atomic E-state index is 0.0424. The number of hydrogen-bond acceptors (Lipinski definition) is 3. The Bertz CT molecular complexity index is 587. The molecule has 0 saturated carbocycles. The van der Waals surface area contributed by atoms with Gasteiger partial charge in [0, 0.05) is 13.0 Å². The molecule has 2 aliphatic heterocycles. The van der Waals surface area contributed by atoms with Gasteiger partial charge in [-0.1, -0.05) is 18.6 Å². The van der Waals surface area contributed by atoms with Crippen molar-refractivity contribution in [3.05, 3.63) is 35.5 Å². The summed E-state index contributed by atoms with van der Waals surface area (Å²) in [6, 6.07) is 7.74. The minimum Gasteiger partial charge on any atom is -0.494 e. The van der Waals surface area contributed by atoms with E-state index in [2.05, 4.69) is 4.99 Å². The van der Waals surface area contributed by atoms with Crippen LogP contribution in [0.2, 0.25) is 0 Å². The number of hydrogen-bond donors (Lipinski definition) is 0. The first-order chi connectivity index (χ1) is 10.3. The number of carbonyl (C=O) groups excluding carboxylic acids is 1. The van der Waals surface area contributed by atoms with Crippen LogP contribution in [-0.4, -0.2) is 29.8 Å². The first kappa shape index (κ1) is 13.9. The van der Waals surface area contributed by atoms with Crippen LogP contribution in [-0.2, 0) is 4.79 Å². The SMILES string of the molecule is CCOc1ccc(/C=C2\N=C3CCCCCN3C2=O)cc1. The monoisotopic (exact) mass is 284 g/mol. The Labute approximate surface area is 125 Å². The number of carbonyl (C=O) groups is 1. The van der Waals surface area contributed by atoms with Crippen LogP contribution in [0.5, 0.6) is 5.75 Å². The molecule has 110 valence electrons. The number of fused-ring (bicyclic) bond motifs is 1. The predicted octanol–water partition coefficient (Wildman–Crippen LogP) is 3.24. The molecule has 0 spiro atoms. The molecular formula is C17H20N2O2. The minimum absolute atomic E-state index is 0.0424. The van der Waals surface area contributed by atoms with Gasteiger partial charge >= 0.3 is 0 Å². The van der Waals surface area contributed by atoms with Crippen LogP contribution in [0.4, 0.5) is 0 Å². The lowest BCUT2D eigenvalue weighted by Gasteiger charge is -2.14. The van der Waals surface area contributed by atoms with Crippen LogP contribution >= 0.6 is 0 Å².